The molecule has 4 rings (SSSR count). The molecule has 3 atom stereocenters. The number of aromatic hydroxyl groups is 1. The molecule has 248 valence electrons. The third kappa shape index (κ3) is 7.85. The number of halogens is 2. The lowest BCUT2D eigenvalue weighted by atomic mass is 9.95. The van der Waals surface area contributed by atoms with Crippen LogP contribution in [0.15, 0.2) is 23.0 Å². The summed E-state index contributed by atoms with van der Waals surface area (Å²) in [5, 5.41) is 11.0. The lowest BCUT2D eigenvalue weighted by molar-refractivity contribution is -0.151. The van der Waals surface area contributed by atoms with Crippen molar-refractivity contribution < 1.29 is 28.6 Å². The lowest BCUT2D eigenvalue weighted by Gasteiger charge is -2.30. The van der Waals surface area contributed by atoms with Crippen LogP contribution in [-0.4, -0.2) is 69.0 Å². The van der Waals surface area contributed by atoms with E-state index in [9.17, 15) is 28.7 Å². The van der Waals surface area contributed by atoms with Crippen molar-refractivity contribution in [3.05, 3.63) is 61.8 Å². The number of nitrogens with zero attached hydrogens (tertiary/aromatic N) is 3. The van der Waals surface area contributed by atoms with Gasteiger partial charge < -0.3 is 31.1 Å². The van der Waals surface area contributed by atoms with Crippen molar-refractivity contribution >= 4 is 29.4 Å². The molecule has 1 aromatic carbocycles. The van der Waals surface area contributed by atoms with E-state index in [0.29, 0.717) is 43.4 Å². The minimum atomic E-state index is -0.836. The minimum absolute atomic E-state index is 0.00345. The number of aromatic nitrogens is 1. The largest absolute Gasteiger partial charge is 0.502 e. The van der Waals surface area contributed by atoms with E-state index in [1.807, 2.05) is 20.8 Å². The zero-order valence-corrected chi connectivity index (χ0v) is 27.2. The Kier molecular flexibility index (Phi) is 13.0. The van der Waals surface area contributed by atoms with E-state index in [2.05, 4.69) is 0 Å². The first-order valence-electron chi connectivity index (χ1n) is 15.7. The molecule has 2 amide bonds. The molecule has 1 aromatic heterocycles. The highest BCUT2D eigenvalue weighted by atomic mass is 35.5. The molecule has 2 aliphatic rings. The molecule has 0 aliphatic carbocycles. The first-order valence-corrected chi connectivity index (χ1v) is 16.1. The number of carbonyl (C=O) groups is 3. The van der Waals surface area contributed by atoms with Gasteiger partial charge in [0.15, 0.2) is 5.75 Å². The summed E-state index contributed by atoms with van der Waals surface area (Å²) in [6.45, 7) is 8.40. The maximum Gasteiger partial charge on any atom is 0.323 e. The van der Waals surface area contributed by atoms with Crippen molar-refractivity contribution in [2.24, 2.45) is 11.5 Å². The molecular formula is C32H45ClFN5O6. The van der Waals surface area contributed by atoms with Gasteiger partial charge in [-0.2, -0.15) is 0 Å². The third-order valence-electron chi connectivity index (χ3n) is 7.96. The van der Waals surface area contributed by atoms with Crippen LogP contribution >= 0.6 is 11.6 Å². The molecule has 3 heterocycles. The van der Waals surface area contributed by atoms with E-state index < -0.39 is 53.2 Å². The van der Waals surface area contributed by atoms with E-state index in [0.717, 1.165) is 12.8 Å². The standard InChI is InChI=1S/C30H39ClFN5O6.C2H6/c1-3-4-8-23-36(15-17(2)43-30(42)22(34)7-5-6-12-33)28(40)25-19-11-13-35(16-18-9-10-21(32)20(31)14-18)27(39)24(19)26(38)29(41)37(23)25;1-2/h9-10,14,17,22-23,38H,3-8,11-13,15-16,33-34H2,1-2H3;1-2H3. The molecule has 2 aromatic rings. The van der Waals surface area contributed by atoms with E-state index in [1.165, 1.54) is 32.6 Å². The van der Waals surface area contributed by atoms with Gasteiger partial charge in [0.05, 0.1) is 17.1 Å². The van der Waals surface area contributed by atoms with E-state index >= 15 is 0 Å². The summed E-state index contributed by atoms with van der Waals surface area (Å²) in [5.74, 6) is -2.97. The Bertz CT molecular complexity index is 1450. The van der Waals surface area contributed by atoms with Gasteiger partial charge in [0, 0.05) is 18.7 Å². The van der Waals surface area contributed by atoms with Crippen molar-refractivity contribution in [1.82, 2.24) is 14.4 Å². The smallest absolute Gasteiger partial charge is 0.323 e. The summed E-state index contributed by atoms with van der Waals surface area (Å²) in [6, 6.07) is 3.30. The molecule has 5 N–H and O–H groups in total. The van der Waals surface area contributed by atoms with Crippen molar-refractivity contribution in [3.63, 3.8) is 0 Å². The molecule has 0 bridgehead atoms. The zero-order valence-electron chi connectivity index (χ0n) is 26.5. The molecule has 0 saturated carbocycles. The molecule has 2 aliphatic heterocycles. The number of benzene rings is 1. The fourth-order valence-electron chi connectivity index (χ4n) is 5.75. The summed E-state index contributed by atoms with van der Waals surface area (Å²) >= 11 is 5.90. The van der Waals surface area contributed by atoms with Crippen LogP contribution in [0.5, 0.6) is 5.75 Å². The van der Waals surface area contributed by atoms with Crippen LogP contribution in [-0.2, 0) is 22.5 Å². The van der Waals surface area contributed by atoms with Gasteiger partial charge in [-0.05, 0) is 63.3 Å². The second kappa shape index (κ2) is 16.2. The Morgan fingerprint density at radius 3 is 2.53 bits per heavy atom. The molecule has 3 unspecified atom stereocenters. The average molecular weight is 650 g/mol. The lowest BCUT2D eigenvalue weighted by Crippen LogP contribution is -2.41. The highest BCUT2D eigenvalue weighted by Gasteiger charge is 2.44. The maximum absolute atomic E-state index is 13.9. The second-order valence-electron chi connectivity index (χ2n) is 11.2. The quantitative estimate of drug-likeness (QED) is 0.216. The van der Waals surface area contributed by atoms with E-state index in [4.69, 9.17) is 27.8 Å². The maximum atomic E-state index is 13.9. The number of nitrogens with two attached hydrogens (primary N) is 2. The first-order chi connectivity index (χ1) is 21.5. The number of fused-ring (bicyclic) bond motifs is 3. The van der Waals surface area contributed by atoms with Crippen LogP contribution in [0, 0.1) is 5.82 Å². The van der Waals surface area contributed by atoms with E-state index in [1.54, 1.807) is 6.92 Å². The van der Waals surface area contributed by atoms with Gasteiger partial charge in [-0.3, -0.25) is 23.7 Å². The van der Waals surface area contributed by atoms with Crippen LogP contribution in [0.4, 0.5) is 4.39 Å². The molecule has 0 fully saturated rings. The number of carbonyl (C=O) groups excluding carboxylic acids is 3. The molecule has 11 nitrogen and oxygen atoms in total. The van der Waals surface area contributed by atoms with E-state index in [-0.39, 0.29) is 42.3 Å². The number of unbranched alkanes of at least 4 members (excludes halogenated alkanes) is 2. The van der Waals surface area contributed by atoms with Crippen LogP contribution in [0.25, 0.3) is 0 Å². The Hall–Kier alpha value is -3.48. The number of esters is 1. The third-order valence-corrected chi connectivity index (χ3v) is 8.25. The molecular weight excluding hydrogens is 605 g/mol. The van der Waals surface area contributed by atoms with Gasteiger partial charge in [0.2, 0.25) is 0 Å². The highest BCUT2D eigenvalue weighted by Crippen LogP contribution is 2.37. The number of ether oxygens (including phenoxy) is 1. The SMILES string of the molecule is CC.CCCCC1N(CC(C)OC(=O)C(N)CCCCN)C(=O)c2c3c(c(O)c(=O)n21)C(=O)N(Cc1ccc(F)c(Cl)c1)CC3. The number of pyridine rings is 1. The number of rotatable bonds is 13. The van der Waals surface area contributed by atoms with Crippen molar-refractivity contribution in [3.8, 4) is 5.75 Å². The number of hydrogen-bond acceptors (Lipinski definition) is 8. The highest BCUT2D eigenvalue weighted by molar-refractivity contribution is 6.30. The number of amides is 2. The topological polar surface area (TPSA) is 161 Å². The molecule has 13 heteroatoms. The van der Waals surface area contributed by atoms with Gasteiger partial charge >= 0.3 is 5.97 Å². The van der Waals surface area contributed by atoms with Crippen LogP contribution in [0.1, 0.15) is 104 Å². The molecule has 45 heavy (non-hydrogen) atoms. The Morgan fingerprint density at radius 1 is 1.18 bits per heavy atom. The Labute approximate surface area is 268 Å². The van der Waals surface area contributed by atoms with Crippen LogP contribution in [0.3, 0.4) is 0 Å². The fourth-order valence-corrected chi connectivity index (χ4v) is 5.95. The number of hydrogen-bond donors (Lipinski definition) is 3. The van der Waals surface area contributed by atoms with Gasteiger partial charge in [-0.15, -0.1) is 0 Å². The monoisotopic (exact) mass is 649 g/mol. The van der Waals surface area contributed by atoms with Crippen molar-refractivity contribution in [2.45, 2.75) is 97.5 Å². The molecule has 0 spiro atoms. The second-order valence-corrected chi connectivity index (χ2v) is 11.6. The van der Waals surface area contributed by atoms with Gasteiger partial charge in [0.1, 0.15) is 29.8 Å². The van der Waals surface area contributed by atoms with Gasteiger partial charge in [0.25, 0.3) is 17.4 Å². The predicted octanol–water partition coefficient (Wildman–Crippen LogP) is 4.10. The summed E-state index contributed by atoms with van der Waals surface area (Å²) in [5.41, 5.74) is 11.4. The molecule has 0 saturated heterocycles. The summed E-state index contributed by atoms with van der Waals surface area (Å²) in [7, 11) is 0. The summed E-state index contributed by atoms with van der Waals surface area (Å²) < 4.78 is 20.5. The van der Waals surface area contributed by atoms with Crippen LogP contribution < -0.4 is 17.0 Å². The van der Waals surface area contributed by atoms with Crippen molar-refractivity contribution in [2.75, 3.05) is 19.6 Å². The molecule has 0 radical (unpaired) electrons. The summed E-state index contributed by atoms with van der Waals surface area (Å²) in [4.78, 5) is 56.5. The van der Waals surface area contributed by atoms with Crippen LogP contribution in [0.2, 0.25) is 5.02 Å². The Balaban J connectivity index is 0.00000271. The zero-order chi connectivity index (χ0) is 33.4. The normalized spacial score (nSPS) is 16.9. The van der Waals surface area contributed by atoms with Gasteiger partial charge in [-0.25, -0.2) is 4.39 Å². The first kappa shape index (κ1) is 36.0. The summed E-state index contributed by atoms with van der Waals surface area (Å²) in [6.07, 6.45) is 2.52. The minimum Gasteiger partial charge on any atom is -0.502 e. The van der Waals surface area contributed by atoms with Gasteiger partial charge in [-0.1, -0.05) is 51.3 Å². The predicted molar refractivity (Wildman–Crippen MR) is 170 cm³/mol. The fraction of sp³-hybridized carbons (Fsp3) is 0.562. The van der Waals surface area contributed by atoms with Crippen molar-refractivity contribution in [1.29, 1.82) is 0 Å². The average Bonchev–Trinajstić information content (AvgIpc) is 3.29. The Morgan fingerprint density at radius 2 is 1.89 bits per heavy atom.